The Hall–Kier alpha value is -0.410. The van der Waals surface area contributed by atoms with E-state index in [-0.39, 0.29) is 37.5 Å². The van der Waals surface area contributed by atoms with Crippen molar-refractivity contribution in [2.45, 2.75) is 32.4 Å². The zero-order valence-electron chi connectivity index (χ0n) is 12.3. The average Bonchev–Trinajstić information content (AvgIpc) is 2.38. The standard InChI is InChI=1S/C11H23N3O4S.ClH/c1-9-10(2)14(8-6-12-9)19(16,17)13(3)7-5-11(15)18-4;/h9-10,12H,5-8H2,1-4H3;1H. The van der Waals surface area contributed by atoms with Crippen molar-refractivity contribution in [3.8, 4) is 0 Å². The number of ether oxygens (including phenoxy) is 1. The molecular weight excluding hydrogens is 306 g/mol. The third kappa shape index (κ3) is 4.56. The van der Waals surface area contributed by atoms with Gasteiger partial charge in [0, 0.05) is 38.8 Å². The molecule has 0 aliphatic carbocycles. The van der Waals surface area contributed by atoms with E-state index in [0.717, 1.165) is 0 Å². The van der Waals surface area contributed by atoms with Crippen LogP contribution in [0.3, 0.4) is 0 Å². The Balaban J connectivity index is 0.00000361. The summed E-state index contributed by atoms with van der Waals surface area (Å²) in [6.45, 7) is 5.04. The molecule has 1 fully saturated rings. The second-order valence-corrected chi connectivity index (χ2v) is 6.74. The first kappa shape index (κ1) is 19.6. The summed E-state index contributed by atoms with van der Waals surface area (Å²) in [6, 6.07) is -0.00291. The molecule has 1 saturated heterocycles. The zero-order chi connectivity index (χ0) is 14.6. The number of carbonyl (C=O) groups is 1. The fraction of sp³-hybridized carbons (Fsp3) is 0.909. The molecule has 0 aromatic rings. The number of hydrogen-bond donors (Lipinski definition) is 1. The number of carbonyl (C=O) groups excluding carboxylic acids is 1. The first-order chi connectivity index (χ1) is 8.80. The minimum Gasteiger partial charge on any atom is -0.469 e. The third-order valence-electron chi connectivity index (χ3n) is 3.53. The molecule has 1 rings (SSSR count). The molecule has 20 heavy (non-hydrogen) atoms. The Morgan fingerprint density at radius 3 is 2.60 bits per heavy atom. The SMILES string of the molecule is COC(=O)CCN(C)S(=O)(=O)N1CCNC(C)C1C.Cl. The second kappa shape index (κ2) is 8.14. The van der Waals surface area contributed by atoms with Crippen molar-refractivity contribution in [1.82, 2.24) is 13.9 Å². The van der Waals surface area contributed by atoms with Gasteiger partial charge in [-0.2, -0.15) is 17.0 Å². The number of halogens is 1. The van der Waals surface area contributed by atoms with Gasteiger partial charge in [-0.05, 0) is 13.8 Å². The van der Waals surface area contributed by atoms with Gasteiger partial charge in [-0.15, -0.1) is 12.4 Å². The van der Waals surface area contributed by atoms with Crippen molar-refractivity contribution in [2.75, 3.05) is 33.8 Å². The van der Waals surface area contributed by atoms with Crippen molar-refractivity contribution < 1.29 is 17.9 Å². The van der Waals surface area contributed by atoms with Gasteiger partial charge in [0.1, 0.15) is 0 Å². The van der Waals surface area contributed by atoms with Crippen molar-refractivity contribution in [3.63, 3.8) is 0 Å². The number of methoxy groups -OCH3 is 1. The lowest BCUT2D eigenvalue weighted by Gasteiger charge is -2.39. The van der Waals surface area contributed by atoms with Crippen molar-refractivity contribution in [2.24, 2.45) is 0 Å². The zero-order valence-corrected chi connectivity index (χ0v) is 14.0. The number of nitrogens with zero attached hydrogens (tertiary/aromatic N) is 2. The first-order valence-electron chi connectivity index (χ1n) is 6.34. The Bertz CT molecular complexity index is 418. The lowest BCUT2D eigenvalue weighted by molar-refractivity contribution is -0.140. The third-order valence-corrected chi connectivity index (χ3v) is 5.60. The van der Waals surface area contributed by atoms with Crippen LogP contribution < -0.4 is 5.32 Å². The molecule has 9 heteroatoms. The maximum Gasteiger partial charge on any atom is 0.306 e. The lowest BCUT2D eigenvalue weighted by atomic mass is 10.1. The van der Waals surface area contributed by atoms with Gasteiger partial charge < -0.3 is 10.1 Å². The highest BCUT2D eigenvalue weighted by atomic mass is 35.5. The van der Waals surface area contributed by atoms with Gasteiger partial charge >= 0.3 is 5.97 Å². The number of rotatable bonds is 5. The van der Waals surface area contributed by atoms with Gasteiger partial charge in [0.15, 0.2) is 0 Å². The summed E-state index contributed by atoms with van der Waals surface area (Å²) in [7, 11) is -0.757. The fourth-order valence-electron chi connectivity index (χ4n) is 2.00. The molecule has 0 aromatic carbocycles. The number of piperazine rings is 1. The van der Waals surface area contributed by atoms with E-state index < -0.39 is 16.2 Å². The molecule has 2 atom stereocenters. The normalized spacial score (nSPS) is 24.2. The van der Waals surface area contributed by atoms with Crippen LogP contribution in [0.2, 0.25) is 0 Å². The number of esters is 1. The summed E-state index contributed by atoms with van der Waals surface area (Å²) in [4.78, 5) is 11.1. The molecule has 1 aliphatic rings. The van der Waals surface area contributed by atoms with E-state index in [1.807, 2.05) is 13.8 Å². The number of nitrogens with one attached hydrogen (secondary N) is 1. The summed E-state index contributed by atoms with van der Waals surface area (Å²) in [5, 5.41) is 3.23. The topological polar surface area (TPSA) is 79.0 Å². The van der Waals surface area contributed by atoms with E-state index in [2.05, 4.69) is 10.1 Å². The Labute approximate surface area is 127 Å². The highest BCUT2D eigenvalue weighted by Gasteiger charge is 2.35. The summed E-state index contributed by atoms with van der Waals surface area (Å²) >= 11 is 0. The minimum atomic E-state index is -3.53. The summed E-state index contributed by atoms with van der Waals surface area (Å²) in [6.07, 6.45) is 0.0578. The van der Waals surface area contributed by atoms with Gasteiger partial charge in [0.2, 0.25) is 0 Å². The second-order valence-electron chi connectivity index (χ2n) is 4.75. The average molecular weight is 330 g/mol. The van der Waals surface area contributed by atoms with Gasteiger partial charge in [-0.3, -0.25) is 4.79 Å². The smallest absolute Gasteiger partial charge is 0.306 e. The quantitative estimate of drug-likeness (QED) is 0.708. The van der Waals surface area contributed by atoms with E-state index in [0.29, 0.717) is 13.1 Å². The van der Waals surface area contributed by atoms with E-state index in [1.54, 1.807) is 0 Å². The van der Waals surface area contributed by atoms with E-state index in [4.69, 9.17) is 0 Å². The molecule has 0 radical (unpaired) electrons. The first-order valence-corrected chi connectivity index (χ1v) is 7.73. The molecule has 7 nitrogen and oxygen atoms in total. The Morgan fingerprint density at radius 1 is 1.45 bits per heavy atom. The molecule has 0 saturated carbocycles. The van der Waals surface area contributed by atoms with Crippen LogP contribution in [0.25, 0.3) is 0 Å². The van der Waals surface area contributed by atoms with Crippen LogP contribution in [0.1, 0.15) is 20.3 Å². The molecule has 0 amide bonds. The Morgan fingerprint density at radius 2 is 2.05 bits per heavy atom. The van der Waals surface area contributed by atoms with Gasteiger partial charge in [-0.1, -0.05) is 0 Å². The van der Waals surface area contributed by atoms with E-state index in [1.165, 1.54) is 22.8 Å². The Kier molecular flexibility index (Phi) is 7.97. The summed E-state index contributed by atoms with van der Waals surface area (Å²) < 4.78 is 32.0. The number of hydrogen-bond acceptors (Lipinski definition) is 5. The van der Waals surface area contributed by atoms with Crippen LogP contribution in [0.5, 0.6) is 0 Å². The van der Waals surface area contributed by atoms with Crippen LogP contribution in [0.15, 0.2) is 0 Å². The van der Waals surface area contributed by atoms with Gasteiger partial charge in [0.05, 0.1) is 13.5 Å². The van der Waals surface area contributed by atoms with Crippen LogP contribution >= 0.6 is 12.4 Å². The molecule has 0 bridgehead atoms. The molecular formula is C11H24ClN3O4S. The van der Waals surface area contributed by atoms with Crippen molar-refractivity contribution >= 4 is 28.6 Å². The molecule has 0 spiro atoms. The molecule has 1 heterocycles. The van der Waals surface area contributed by atoms with Crippen molar-refractivity contribution in [3.05, 3.63) is 0 Å². The van der Waals surface area contributed by atoms with Gasteiger partial charge in [0.25, 0.3) is 10.2 Å². The molecule has 2 unspecified atom stereocenters. The van der Waals surface area contributed by atoms with Crippen LogP contribution in [0.4, 0.5) is 0 Å². The summed E-state index contributed by atoms with van der Waals surface area (Å²) in [5.74, 6) is -0.413. The largest absolute Gasteiger partial charge is 0.469 e. The molecule has 120 valence electrons. The lowest BCUT2D eigenvalue weighted by Crippen LogP contribution is -2.59. The fourth-order valence-corrected chi connectivity index (χ4v) is 3.60. The minimum absolute atomic E-state index is 0. The maximum absolute atomic E-state index is 12.4. The maximum atomic E-state index is 12.4. The van der Waals surface area contributed by atoms with Gasteiger partial charge in [-0.25, -0.2) is 0 Å². The predicted octanol–water partition coefficient (Wildman–Crippen LogP) is -0.170. The highest BCUT2D eigenvalue weighted by Crippen LogP contribution is 2.16. The summed E-state index contributed by atoms with van der Waals surface area (Å²) in [5.41, 5.74) is 0. The van der Waals surface area contributed by atoms with E-state index >= 15 is 0 Å². The monoisotopic (exact) mass is 329 g/mol. The van der Waals surface area contributed by atoms with Crippen LogP contribution in [0, 0.1) is 0 Å². The van der Waals surface area contributed by atoms with E-state index in [9.17, 15) is 13.2 Å². The predicted molar refractivity (Wildman–Crippen MR) is 79.1 cm³/mol. The molecule has 0 aromatic heterocycles. The van der Waals surface area contributed by atoms with Crippen molar-refractivity contribution in [1.29, 1.82) is 0 Å². The highest BCUT2D eigenvalue weighted by molar-refractivity contribution is 7.86. The van der Waals surface area contributed by atoms with Crippen LogP contribution in [-0.4, -0.2) is 68.9 Å². The molecule has 1 aliphatic heterocycles. The van der Waals surface area contributed by atoms with Crippen LogP contribution in [-0.2, 0) is 19.7 Å². The molecule has 1 N–H and O–H groups in total.